The van der Waals surface area contributed by atoms with Gasteiger partial charge in [-0.2, -0.15) is 0 Å². The molecule has 0 fully saturated rings. The van der Waals surface area contributed by atoms with E-state index in [1.807, 2.05) is 0 Å². The Morgan fingerprint density at radius 2 is 1.89 bits per heavy atom. The molecule has 1 unspecified atom stereocenters. The summed E-state index contributed by atoms with van der Waals surface area (Å²) >= 11 is 0. The van der Waals surface area contributed by atoms with Crippen LogP contribution in [-0.2, 0) is 9.47 Å². The predicted molar refractivity (Wildman–Crippen MR) is 63.5 cm³/mol. The maximum atomic E-state index is 12.9. The van der Waals surface area contributed by atoms with Crippen LogP contribution in [0.25, 0.3) is 0 Å². The quantitative estimate of drug-likeness (QED) is 0.695. The van der Waals surface area contributed by atoms with Gasteiger partial charge < -0.3 is 19.9 Å². The Bertz CT molecular complexity index is 343. The molecule has 102 valence electrons. The standard InChI is InChI=1S/C12H17F2NO3/c1-17-2-3-18-8-12(16)7-15-11-5-9(13)4-10(14)6-11/h4-6,12,15-16H,2-3,7-8H2,1H3. The summed E-state index contributed by atoms with van der Waals surface area (Å²) in [6.45, 7) is 1.13. The molecule has 0 saturated carbocycles. The molecular weight excluding hydrogens is 244 g/mol. The van der Waals surface area contributed by atoms with Crippen LogP contribution in [-0.4, -0.2) is 44.7 Å². The Kier molecular flexibility index (Phi) is 6.56. The molecule has 0 heterocycles. The SMILES string of the molecule is COCCOCC(O)CNc1cc(F)cc(F)c1. The Labute approximate surface area is 105 Å². The molecule has 0 radical (unpaired) electrons. The molecular formula is C12H17F2NO3. The first-order valence-corrected chi connectivity index (χ1v) is 5.56. The van der Waals surface area contributed by atoms with Crippen LogP contribution in [0.5, 0.6) is 0 Å². The van der Waals surface area contributed by atoms with E-state index in [4.69, 9.17) is 9.47 Å². The van der Waals surface area contributed by atoms with E-state index in [-0.39, 0.29) is 18.8 Å². The average Bonchev–Trinajstić information content (AvgIpc) is 2.31. The summed E-state index contributed by atoms with van der Waals surface area (Å²) in [5.41, 5.74) is 0.281. The van der Waals surface area contributed by atoms with E-state index in [9.17, 15) is 13.9 Å². The molecule has 1 atom stereocenters. The smallest absolute Gasteiger partial charge is 0.128 e. The largest absolute Gasteiger partial charge is 0.389 e. The molecule has 0 saturated heterocycles. The number of hydrogen-bond donors (Lipinski definition) is 2. The van der Waals surface area contributed by atoms with Gasteiger partial charge in [-0.25, -0.2) is 8.78 Å². The first-order chi connectivity index (χ1) is 8.61. The van der Waals surface area contributed by atoms with Crippen molar-refractivity contribution in [2.24, 2.45) is 0 Å². The fourth-order valence-corrected chi connectivity index (χ4v) is 1.31. The minimum atomic E-state index is -0.756. The molecule has 18 heavy (non-hydrogen) atoms. The van der Waals surface area contributed by atoms with E-state index in [1.54, 1.807) is 7.11 Å². The lowest BCUT2D eigenvalue weighted by Gasteiger charge is -2.13. The van der Waals surface area contributed by atoms with Gasteiger partial charge in [0.2, 0.25) is 0 Å². The van der Waals surface area contributed by atoms with Crippen LogP contribution in [0, 0.1) is 11.6 Å². The maximum Gasteiger partial charge on any atom is 0.128 e. The van der Waals surface area contributed by atoms with Crippen LogP contribution in [0.1, 0.15) is 0 Å². The summed E-state index contributed by atoms with van der Waals surface area (Å²) in [6, 6.07) is 3.10. The highest BCUT2D eigenvalue weighted by Gasteiger charge is 2.05. The monoisotopic (exact) mass is 261 g/mol. The van der Waals surface area contributed by atoms with Gasteiger partial charge in [0.15, 0.2) is 0 Å². The van der Waals surface area contributed by atoms with Crippen LogP contribution in [0.15, 0.2) is 18.2 Å². The number of benzene rings is 1. The molecule has 6 heteroatoms. The summed E-state index contributed by atoms with van der Waals surface area (Å²) in [6.07, 6.45) is -0.756. The van der Waals surface area contributed by atoms with Crippen molar-refractivity contribution in [3.05, 3.63) is 29.8 Å². The lowest BCUT2D eigenvalue weighted by molar-refractivity contribution is 0.0182. The Hall–Kier alpha value is -1.24. The number of halogens is 2. The maximum absolute atomic E-state index is 12.9. The van der Waals surface area contributed by atoms with Crippen molar-refractivity contribution >= 4 is 5.69 Å². The Morgan fingerprint density at radius 3 is 2.50 bits per heavy atom. The van der Waals surface area contributed by atoms with Gasteiger partial charge in [-0.05, 0) is 12.1 Å². The molecule has 0 bridgehead atoms. The summed E-state index contributed by atoms with van der Waals surface area (Å²) in [4.78, 5) is 0. The minimum absolute atomic E-state index is 0.133. The summed E-state index contributed by atoms with van der Waals surface area (Å²) < 4.78 is 35.6. The summed E-state index contributed by atoms with van der Waals surface area (Å²) in [5.74, 6) is -1.33. The van der Waals surface area contributed by atoms with Gasteiger partial charge in [-0.15, -0.1) is 0 Å². The number of aliphatic hydroxyl groups is 1. The zero-order valence-corrected chi connectivity index (χ0v) is 10.2. The van der Waals surface area contributed by atoms with E-state index < -0.39 is 17.7 Å². The van der Waals surface area contributed by atoms with Gasteiger partial charge >= 0.3 is 0 Å². The molecule has 0 aliphatic heterocycles. The topological polar surface area (TPSA) is 50.7 Å². The van der Waals surface area contributed by atoms with Gasteiger partial charge in [0.25, 0.3) is 0 Å². The van der Waals surface area contributed by atoms with E-state index >= 15 is 0 Å². The highest BCUT2D eigenvalue weighted by atomic mass is 19.1. The van der Waals surface area contributed by atoms with Gasteiger partial charge in [0.1, 0.15) is 11.6 Å². The van der Waals surface area contributed by atoms with Gasteiger partial charge in [0.05, 0.1) is 25.9 Å². The van der Waals surface area contributed by atoms with Crippen molar-refractivity contribution in [1.82, 2.24) is 0 Å². The van der Waals surface area contributed by atoms with Crippen LogP contribution in [0.3, 0.4) is 0 Å². The van der Waals surface area contributed by atoms with E-state index in [0.29, 0.717) is 13.2 Å². The molecule has 2 N–H and O–H groups in total. The molecule has 1 aromatic carbocycles. The van der Waals surface area contributed by atoms with Crippen molar-refractivity contribution < 1.29 is 23.4 Å². The van der Waals surface area contributed by atoms with Crippen LogP contribution >= 0.6 is 0 Å². The Balaban J connectivity index is 2.26. The van der Waals surface area contributed by atoms with Crippen molar-refractivity contribution in [3.63, 3.8) is 0 Å². The number of anilines is 1. The normalized spacial score (nSPS) is 12.4. The van der Waals surface area contributed by atoms with Gasteiger partial charge in [-0.1, -0.05) is 0 Å². The second-order valence-corrected chi connectivity index (χ2v) is 3.76. The first-order valence-electron chi connectivity index (χ1n) is 5.56. The third-order valence-corrected chi connectivity index (χ3v) is 2.15. The van der Waals surface area contributed by atoms with Crippen LogP contribution in [0.2, 0.25) is 0 Å². The number of rotatable bonds is 8. The third kappa shape index (κ3) is 5.90. The summed E-state index contributed by atoms with van der Waals surface area (Å²) in [5, 5.41) is 12.3. The molecule has 0 spiro atoms. The Morgan fingerprint density at radius 1 is 1.22 bits per heavy atom. The number of hydrogen-bond acceptors (Lipinski definition) is 4. The molecule has 1 rings (SSSR count). The first kappa shape index (κ1) is 14.8. The zero-order chi connectivity index (χ0) is 13.4. The highest BCUT2D eigenvalue weighted by Crippen LogP contribution is 2.12. The lowest BCUT2D eigenvalue weighted by Crippen LogP contribution is -2.25. The van der Waals surface area contributed by atoms with Crippen molar-refractivity contribution in [3.8, 4) is 0 Å². The van der Waals surface area contributed by atoms with E-state index in [0.717, 1.165) is 18.2 Å². The zero-order valence-electron chi connectivity index (χ0n) is 10.2. The second-order valence-electron chi connectivity index (χ2n) is 3.76. The predicted octanol–water partition coefficient (Wildman–Crippen LogP) is 1.40. The highest BCUT2D eigenvalue weighted by molar-refractivity contribution is 5.43. The van der Waals surface area contributed by atoms with Crippen LogP contribution < -0.4 is 5.32 Å². The number of nitrogens with one attached hydrogen (secondary N) is 1. The summed E-state index contributed by atoms with van der Waals surface area (Å²) in [7, 11) is 1.56. The molecule has 0 aliphatic carbocycles. The molecule has 0 aromatic heterocycles. The van der Waals surface area contributed by atoms with Gasteiger partial charge in [0, 0.05) is 25.4 Å². The number of ether oxygens (including phenoxy) is 2. The van der Waals surface area contributed by atoms with E-state index in [2.05, 4.69) is 5.32 Å². The molecule has 0 amide bonds. The minimum Gasteiger partial charge on any atom is -0.389 e. The van der Waals surface area contributed by atoms with Crippen molar-refractivity contribution in [2.75, 3.05) is 38.8 Å². The number of methoxy groups -OCH3 is 1. The molecule has 4 nitrogen and oxygen atoms in total. The third-order valence-electron chi connectivity index (χ3n) is 2.15. The number of aliphatic hydroxyl groups excluding tert-OH is 1. The van der Waals surface area contributed by atoms with E-state index in [1.165, 1.54) is 0 Å². The molecule has 0 aliphatic rings. The fraction of sp³-hybridized carbons (Fsp3) is 0.500. The average molecular weight is 261 g/mol. The fourth-order valence-electron chi connectivity index (χ4n) is 1.31. The van der Waals surface area contributed by atoms with Crippen molar-refractivity contribution in [2.45, 2.75) is 6.10 Å². The van der Waals surface area contributed by atoms with Crippen LogP contribution in [0.4, 0.5) is 14.5 Å². The lowest BCUT2D eigenvalue weighted by atomic mass is 10.3. The van der Waals surface area contributed by atoms with Gasteiger partial charge in [-0.3, -0.25) is 0 Å². The second kappa shape index (κ2) is 7.97. The molecule has 1 aromatic rings. The van der Waals surface area contributed by atoms with Crippen molar-refractivity contribution in [1.29, 1.82) is 0 Å².